The number of carboxylic acids is 1. The van der Waals surface area contributed by atoms with Crippen molar-refractivity contribution in [3.8, 4) is 5.75 Å². The topological polar surface area (TPSA) is 63.6 Å². The monoisotopic (exact) mass is 270 g/mol. The molecule has 0 aliphatic heterocycles. The molecule has 6 heteroatoms. The number of aliphatic carboxylic acids is 1. The second-order valence-corrected chi connectivity index (χ2v) is 4.41. The van der Waals surface area contributed by atoms with Crippen LogP contribution in [0.15, 0.2) is 24.3 Å². The lowest BCUT2D eigenvalue weighted by Crippen LogP contribution is -2.10. The maximum atomic E-state index is 12.3. The summed E-state index contributed by atoms with van der Waals surface area (Å²) < 4.78 is 28.9. The first kappa shape index (κ1) is 13.5. The van der Waals surface area contributed by atoms with E-state index >= 15 is 0 Å². The van der Waals surface area contributed by atoms with E-state index in [-0.39, 0.29) is 24.4 Å². The molecule has 1 fully saturated rings. The van der Waals surface area contributed by atoms with Crippen LogP contribution in [0.5, 0.6) is 5.75 Å². The zero-order valence-corrected chi connectivity index (χ0v) is 9.88. The summed E-state index contributed by atoms with van der Waals surface area (Å²) in [6.45, 7) is -2.98. The number of ether oxygens (including phenoxy) is 1. The van der Waals surface area contributed by atoms with Crippen molar-refractivity contribution in [3.63, 3.8) is 0 Å². The van der Waals surface area contributed by atoms with Crippen molar-refractivity contribution in [1.82, 2.24) is 0 Å². The first-order chi connectivity index (χ1) is 8.99. The number of carbonyl (C=O) groups is 2. The van der Waals surface area contributed by atoms with E-state index in [9.17, 15) is 18.4 Å². The van der Waals surface area contributed by atoms with Crippen molar-refractivity contribution in [1.29, 1.82) is 0 Å². The van der Waals surface area contributed by atoms with Crippen molar-refractivity contribution in [2.24, 2.45) is 5.92 Å². The first-order valence-electron chi connectivity index (χ1n) is 5.78. The summed E-state index contributed by atoms with van der Waals surface area (Å²) in [6, 6.07) is 6.00. The fraction of sp³-hybridized carbons (Fsp3) is 0.385. The smallest absolute Gasteiger partial charge is 0.387 e. The number of benzene rings is 1. The van der Waals surface area contributed by atoms with E-state index in [1.54, 1.807) is 6.07 Å². The Morgan fingerprint density at radius 1 is 1.37 bits per heavy atom. The van der Waals surface area contributed by atoms with Gasteiger partial charge in [0, 0.05) is 17.9 Å². The average molecular weight is 270 g/mol. The van der Waals surface area contributed by atoms with Crippen LogP contribution in [0.2, 0.25) is 0 Å². The highest BCUT2D eigenvalue weighted by molar-refractivity contribution is 5.93. The Morgan fingerprint density at radius 3 is 2.63 bits per heavy atom. The minimum atomic E-state index is -2.98. The number of para-hydroxylation sites is 1. The third-order valence-electron chi connectivity index (χ3n) is 3.22. The van der Waals surface area contributed by atoms with Crippen molar-refractivity contribution in [2.45, 2.75) is 25.4 Å². The lowest BCUT2D eigenvalue weighted by molar-refractivity contribution is -0.142. The number of alkyl halides is 2. The lowest BCUT2D eigenvalue weighted by atomic mass is 9.95. The summed E-state index contributed by atoms with van der Waals surface area (Å²) in [5.74, 6) is -2.80. The van der Waals surface area contributed by atoms with Gasteiger partial charge in [0.25, 0.3) is 0 Å². The van der Waals surface area contributed by atoms with Crippen molar-refractivity contribution in [2.75, 3.05) is 0 Å². The average Bonchev–Trinajstić information content (AvgIpc) is 2.71. The maximum Gasteiger partial charge on any atom is 0.387 e. The highest BCUT2D eigenvalue weighted by Crippen LogP contribution is 2.39. The van der Waals surface area contributed by atoms with Crippen LogP contribution in [0, 0.1) is 5.92 Å². The summed E-state index contributed by atoms with van der Waals surface area (Å²) in [5.41, 5.74) is 0.330. The fourth-order valence-corrected chi connectivity index (χ4v) is 2.34. The fourth-order valence-electron chi connectivity index (χ4n) is 2.34. The van der Waals surface area contributed by atoms with Gasteiger partial charge < -0.3 is 9.84 Å². The summed E-state index contributed by atoms with van der Waals surface area (Å²) in [5, 5.41) is 8.91. The van der Waals surface area contributed by atoms with Gasteiger partial charge in [0.15, 0.2) is 0 Å². The molecule has 0 bridgehead atoms. The highest BCUT2D eigenvalue weighted by atomic mass is 19.3. The van der Waals surface area contributed by atoms with Crippen molar-refractivity contribution < 1.29 is 28.2 Å². The molecule has 1 aromatic rings. The zero-order valence-electron chi connectivity index (χ0n) is 9.88. The Bertz CT molecular complexity index is 501. The van der Waals surface area contributed by atoms with Crippen LogP contribution >= 0.6 is 0 Å². The highest BCUT2D eigenvalue weighted by Gasteiger charge is 2.38. The van der Waals surface area contributed by atoms with Gasteiger partial charge in [-0.05, 0) is 12.5 Å². The molecule has 4 nitrogen and oxygen atoms in total. The van der Waals surface area contributed by atoms with Gasteiger partial charge in [0.05, 0.1) is 5.92 Å². The standard InChI is InChI=1S/C13H12F2O4/c14-13(15)19-11-4-2-1-3-8(11)9-5-7(12(17)18)6-10(9)16/h1-4,7,9,13H,5-6H2,(H,17,18)/t7-,9-/m1/s1. The molecule has 1 aliphatic carbocycles. The van der Waals surface area contributed by atoms with E-state index in [4.69, 9.17) is 5.11 Å². The molecule has 2 atom stereocenters. The molecule has 0 unspecified atom stereocenters. The van der Waals surface area contributed by atoms with E-state index in [1.807, 2.05) is 0 Å². The Hall–Kier alpha value is -1.98. The SMILES string of the molecule is O=C(O)[C@H]1CC(=O)[C@@H](c2ccccc2OC(F)F)C1. The second-order valence-electron chi connectivity index (χ2n) is 4.41. The molecule has 2 rings (SSSR count). The third-order valence-corrected chi connectivity index (χ3v) is 3.22. The Balaban J connectivity index is 2.27. The lowest BCUT2D eigenvalue weighted by Gasteiger charge is -2.14. The molecule has 1 N–H and O–H groups in total. The minimum absolute atomic E-state index is 0.0665. The molecule has 0 heterocycles. The van der Waals surface area contributed by atoms with Gasteiger partial charge >= 0.3 is 12.6 Å². The molecule has 0 radical (unpaired) electrons. The molecule has 19 heavy (non-hydrogen) atoms. The number of Topliss-reactive ketones (excluding diaryl/α,β-unsaturated/α-hetero) is 1. The van der Waals surface area contributed by atoms with Crippen LogP contribution in [-0.4, -0.2) is 23.5 Å². The molecular formula is C13H12F2O4. The predicted octanol–water partition coefficient (Wildman–Crippen LogP) is 2.44. The van der Waals surface area contributed by atoms with Gasteiger partial charge in [0.2, 0.25) is 0 Å². The summed E-state index contributed by atoms with van der Waals surface area (Å²) >= 11 is 0. The van der Waals surface area contributed by atoms with Crippen LogP contribution in [0.4, 0.5) is 8.78 Å². The van der Waals surface area contributed by atoms with Crippen molar-refractivity contribution >= 4 is 11.8 Å². The largest absolute Gasteiger partial charge is 0.481 e. The third kappa shape index (κ3) is 2.89. The zero-order chi connectivity index (χ0) is 14.0. The normalized spacial score (nSPS) is 22.8. The number of hydrogen-bond donors (Lipinski definition) is 1. The molecule has 1 aromatic carbocycles. The predicted molar refractivity (Wildman–Crippen MR) is 61.2 cm³/mol. The molecular weight excluding hydrogens is 258 g/mol. The number of carbonyl (C=O) groups excluding carboxylic acids is 1. The van der Waals surface area contributed by atoms with Crippen molar-refractivity contribution in [3.05, 3.63) is 29.8 Å². The molecule has 0 spiro atoms. The summed E-state index contributed by atoms with van der Waals surface area (Å²) in [7, 11) is 0. The Morgan fingerprint density at radius 2 is 2.05 bits per heavy atom. The van der Waals surface area contributed by atoms with Gasteiger partial charge in [-0.25, -0.2) is 0 Å². The molecule has 1 aliphatic rings. The number of hydrogen-bond acceptors (Lipinski definition) is 3. The van der Waals surface area contributed by atoms with Crippen LogP contribution in [0.3, 0.4) is 0 Å². The van der Waals surface area contributed by atoms with E-state index < -0.39 is 24.4 Å². The van der Waals surface area contributed by atoms with E-state index in [0.29, 0.717) is 5.56 Å². The molecule has 0 aromatic heterocycles. The van der Waals surface area contributed by atoms with Crippen LogP contribution in [0.25, 0.3) is 0 Å². The Kier molecular flexibility index (Phi) is 3.78. The van der Waals surface area contributed by atoms with E-state index in [2.05, 4.69) is 4.74 Å². The van der Waals surface area contributed by atoms with Crippen LogP contribution < -0.4 is 4.74 Å². The van der Waals surface area contributed by atoms with Crippen LogP contribution in [-0.2, 0) is 9.59 Å². The number of carboxylic acid groups (broad SMARTS) is 1. The quantitative estimate of drug-likeness (QED) is 0.912. The van der Waals surface area contributed by atoms with Gasteiger partial charge in [-0.2, -0.15) is 8.78 Å². The molecule has 0 saturated heterocycles. The van der Waals surface area contributed by atoms with Gasteiger partial charge in [-0.3, -0.25) is 9.59 Å². The molecule has 102 valence electrons. The number of halogens is 2. The van der Waals surface area contributed by atoms with E-state index in [0.717, 1.165) is 0 Å². The minimum Gasteiger partial charge on any atom is -0.481 e. The first-order valence-corrected chi connectivity index (χ1v) is 5.78. The van der Waals surface area contributed by atoms with E-state index in [1.165, 1.54) is 18.2 Å². The molecule has 1 saturated carbocycles. The maximum absolute atomic E-state index is 12.3. The summed E-state index contributed by atoms with van der Waals surface area (Å²) in [6.07, 6.45) is 0.0563. The number of rotatable bonds is 4. The van der Waals surface area contributed by atoms with Gasteiger partial charge in [-0.15, -0.1) is 0 Å². The van der Waals surface area contributed by atoms with Gasteiger partial charge in [-0.1, -0.05) is 18.2 Å². The summed E-state index contributed by atoms with van der Waals surface area (Å²) in [4.78, 5) is 22.7. The van der Waals surface area contributed by atoms with Gasteiger partial charge in [0.1, 0.15) is 11.5 Å². The number of ketones is 1. The molecule has 0 amide bonds. The van der Waals surface area contributed by atoms with Crippen LogP contribution in [0.1, 0.15) is 24.3 Å². The second kappa shape index (κ2) is 5.34. The Labute approximate surface area is 108 Å².